The Bertz CT molecular complexity index is 329. The summed E-state index contributed by atoms with van der Waals surface area (Å²) < 4.78 is 14.1. The van der Waals surface area contributed by atoms with Crippen molar-refractivity contribution in [3.05, 3.63) is 34.1 Å². The van der Waals surface area contributed by atoms with Crippen LogP contribution < -0.4 is 0 Å². The van der Waals surface area contributed by atoms with Gasteiger partial charge in [-0.3, -0.25) is 0 Å². The van der Waals surface area contributed by atoms with Crippen molar-refractivity contribution in [2.45, 2.75) is 31.8 Å². The van der Waals surface area contributed by atoms with E-state index in [1.54, 1.807) is 12.1 Å². The van der Waals surface area contributed by atoms with Gasteiger partial charge in [0.1, 0.15) is 5.82 Å². The standard InChI is InChI=1S/C12H14BrFO/c13-9-5-2-6-10(14)12(9)11(15)7-8-3-1-4-8/h2,5-6,8,11,15H,1,3-4,7H2. The molecule has 1 atom stereocenters. The first-order valence-electron chi connectivity index (χ1n) is 5.30. The lowest BCUT2D eigenvalue weighted by Gasteiger charge is -2.28. The van der Waals surface area contributed by atoms with Gasteiger partial charge in [-0.15, -0.1) is 0 Å². The van der Waals surface area contributed by atoms with E-state index in [1.807, 2.05) is 0 Å². The Morgan fingerprint density at radius 1 is 1.47 bits per heavy atom. The minimum atomic E-state index is -0.675. The summed E-state index contributed by atoms with van der Waals surface area (Å²) in [6.07, 6.45) is 3.59. The first-order chi connectivity index (χ1) is 7.18. The second-order valence-electron chi connectivity index (χ2n) is 4.18. The van der Waals surface area contributed by atoms with Gasteiger partial charge in [-0.1, -0.05) is 41.3 Å². The van der Waals surface area contributed by atoms with Crippen molar-refractivity contribution >= 4 is 15.9 Å². The van der Waals surface area contributed by atoms with Crippen molar-refractivity contribution in [1.82, 2.24) is 0 Å². The summed E-state index contributed by atoms with van der Waals surface area (Å²) in [5.74, 6) is 0.253. The van der Waals surface area contributed by atoms with Crippen molar-refractivity contribution in [2.75, 3.05) is 0 Å². The predicted octanol–water partition coefficient (Wildman–Crippen LogP) is 3.81. The molecule has 1 unspecified atom stereocenters. The smallest absolute Gasteiger partial charge is 0.130 e. The van der Waals surface area contributed by atoms with Gasteiger partial charge in [-0.05, 0) is 24.5 Å². The fourth-order valence-electron chi connectivity index (χ4n) is 1.99. The molecule has 0 aromatic heterocycles. The summed E-state index contributed by atoms with van der Waals surface area (Å²) in [5, 5.41) is 9.95. The van der Waals surface area contributed by atoms with Crippen molar-refractivity contribution < 1.29 is 9.50 Å². The van der Waals surface area contributed by atoms with Gasteiger partial charge in [-0.2, -0.15) is 0 Å². The highest BCUT2D eigenvalue weighted by Gasteiger charge is 2.24. The summed E-state index contributed by atoms with van der Waals surface area (Å²) in [6.45, 7) is 0. The number of aliphatic hydroxyl groups is 1. The number of halogens is 2. The minimum Gasteiger partial charge on any atom is -0.388 e. The van der Waals surface area contributed by atoms with Crippen LogP contribution in [0.1, 0.15) is 37.4 Å². The Kier molecular flexibility index (Phi) is 3.42. The van der Waals surface area contributed by atoms with E-state index in [-0.39, 0.29) is 5.82 Å². The maximum Gasteiger partial charge on any atom is 0.130 e. The molecular weight excluding hydrogens is 259 g/mol. The van der Waals surface area contributed by atoms with E-state index in [9.17, 15) is 9.50 Å². The number of hydrogen-bond donors (Lipinski definition) is 1. The SMILES string of the molecule is OC(CC1CCC1)c1c(F)cccc1Br. The molecule has 3 heteroatoms. The van der Waals surface area contributed by atoms with Crippen molar-refractivity contribution in [3.63, 3.8) is 0 Å². The molecule has 0 radical (unpaired) electrons. The molecule has 1 nitrogen and oxygen atoms in total. The molecule has 0 saturated heterocycles. The second kappa shape index (κ2) is 4.62. The van der Waals surface area contributed by atoms with Gasteiger partial charge < -0.3 is 5.11 Å². The van der Waals surface area contributed by atoms with E-state index in [0.29, 0.717) is 22.4 Å². The molecule has 1 aromatic carbocycles. The van der Waals surface area contributed by atoms with Gasteiger partial charge >= 0.3 is 0 Å². The highest BCUT2D eigenvalue weighted by Crippen LogP contribution is 2.37. The number of rotatable bonds is 3. The van der Waals surface area contributed by atoms with E-state index in [2.05, 4.69) is 15.9 Å². The highest BCUT2D eigenvalue weighted by molar-refractivity contribution is 9.10. The Morgan fingerprint density at radius 3 is 2.73 bits per heavy atom. The molecular formula is C12H14BrFO. The average Bonchev–Trinajstić information content (AvgIpc) is 2.11. The van der Waals surface area contributed by atoms with E-state index >= 15 is 0 Å². The Morgan fingerprint density at radius 2 is 2.20 bits per heavy atom. The zero-order chi connectivity index (χ0) is 10.8. The zero-order valence-electron chi connectivity index (χ0n) is 8.42. The monoisotopic (exact) mass is 272 g/mol. The summed E-state index contributed by atoms with van der Waals surface area (Å²) >= 11 is 3.28. The molecule has 15 heavy (non-hydrogen) atoms. The van der Waals surface area contributed by atoms with Crippen LogP contribution in [0.2, 0.25) is 0 Å². The van der Waals surface area contributed by atoms with Gasteiger partial charge in [0.05, 0.1) is 6.10 Å². The predicted molar refractivity (Wildman–Crippen MR) is 61.0 cm³/mol. The third-order valence-electron chi connectivity index (χ3n) is 3.11. The Balaban J connectivity index is 2.12. The lowest BCUT2D eigenvalue weighted by Crippen LogP contribution is -2.15. The maximum atomic E-state index is 13.5. The Hall–Kier alpha value is -0.410. The van der Waals surface area contributed by atoms with Gasteiger partial charge in [0.2, 0.25) is 0 Å². The third-order valence-corrected chi connectivity index (χ3v) is 3.81. The van der Waals surface area contributed by atoms with E-state index in [1.165, 1.54) is 25.3 Å². The van der Waals surface area contributed by atoms with Crippen LogP contribution in [0.15, 0.2) is 22.7 Å². The molecule has 0 amide bonds. The van der Waals surface area contributed by atoms with Gasteiger partial charge in [-0.25, -0.2) is 4.39 Å². The molecule has 1 N–H and O–H groups in total. The molecule has 82 valence electrons. The molecule has 1 aliphatic carbocycles. The number of benzene rings is 1. The largest absolute Gasteiger partial charge is 0.388 e. The van der Waals surface area contributed by atoms with E-state index < -0.39 is 6.10 Å². The molecule has 1 aromatic rings. The first-order valence-corrected chi connectivity index (χ1v) is 6.09. The summed E-state index contributed by atoms with van der Waals surface area (Å²) in [7, 11) is 0. The summed E-state index contributed by atoms with van der Waals surface area (Å²) in [4.78, 5) is 0. The maximum absolute atomic E-state index is 13.5. The van der Waals surface area contributed by atoms with Crippen molar-refractivity contribution in [1.29, 1.82) is 0 Å². The third kappa shape index (κ3) is 2.40. The zero-order valence-corrected chi connectivity index (χ0v) is 10.0. The average molecular weight is 273 g/mol. The molecule has 2 rings (SSSR count). The molecule has 1 aliphatic rings. The number of hydrogen-bond acceptors (Lipinski definition) is 1. The van der Waals surface area contributed by atoms with E-state index in [4.69, 9.17) is 0 Å². The highest BCUT2D eigenvalue weighted by atomic mass is 79.9. The van der Waals surface area contributed by atoms with Crippen molar-refractivity contribution in [2.24, 2.45) is 5.92 Å². The van der Waals surface area contributed by atoms with Crippen LogP contribution in [-0.2, 0) is 0 Å². The quantitative estimate of drug-likeness (QED) is 0.887. The normalized spacial score (nSPS) is 18.6. The van der Waals surface area contributed by atoms with Crippen LogP contribution in [0.25, 0.3) is 0 Å². The molecule has 1 saturated carbocycles. The summed E-state index contributed by atoms with van der Waals surface area (Å²) in [6, 6.07) is 4.80. The fraction of sp³-hybridized carbons (Fsp3) is 0.500. The van der Waals surface area contributed by atoms with Crippen LogP contribution in [0.4, 0.5) is 4.39 Å². The van der Waals surface area contributed by atoms with Crippen LogP contribution in [-0.4, -0.2) is 5.11 Å². The molecule has 0 spiro atoms. The van der Waals surface area contributed by atoms with Crippen molar-refractivity contribution in [3.8, 4) is 0 Å². The number of aliphatic hydroxyl groups excluding tert-OH is 1. The summed E-state index contributed by atoms with van der Waals surface area (Å²) in [5.41, 5.74) is 0.407. The van der Waals surface area contributed by atoms with Gasteiger partial charge in [0.15, 0.2) is 0 Å². The molecule has 0 heterocycles. The molecule has 1 fully saturated rings. The molecule has 0 bridgehead atoms. The van der Waals surface area contributed by atoms with Crippen LogP contribution in [0.3, 0.4) is 0 Å². The van der Waals surface area contributed by atoms with Gasteiger partial charge in [0.25, 0.3) is 0 Å². The lowest BCUT2D eigenvalue weighted by molar-refractivity contribution is 0.114. The first kappa shape index (κ1) is 11.1. The lowest BCUT2D eigenvalue weighted by atomic mass is 9.80. The van der Waals surface area contributed by atoms with Crippen LogP contribution in [0.5, 0.6) is 0 Å². The van der Waals surface area contributed by atoms with Crippen LogP contribution in [0, 0.1) is 11.7 Å². The minimum absolute atomic E-state index is 0.323. The fourth-order valence-corrected chi connectivity index (χ4v) is 2.60. The molecule has 0 aliphatic heterocycles. The topological polar surface area (TPSA) is 20.2 Å². The Labute approximate surface area is 97.4 Å². The van der Waals surface area contributed by atoms with Crippen LogP contribution >= 0.6 is 15.9 Å². The van der Waals surface area contributed by atoms with Gasteiger partial charge in [0, 0.05) is 10.0 Å². The van der Waals surface area contributed by atoms with E-state index in [0.717, 1.165) is 0 Å². The second-order valence-corrected chi connectivity index (χ2v) is 5.04.